The molecule has 1 saturated heterocycles. The van der Waals surface area contributed by atoms with Crippen LogP contribution in [0.1, 0.15) is 35.0 Å². The maximum absolute atomic E-state index is 12.4. The average Bonchev–Trinajstić information content (AvgIpc) is 3.22. The van der Waals surface area contributed by atoms with Gasteiger partial charge in [-0.25, -0.2) is 4.98 Å². The molecule has 2 aromatic heterocycles. The van der Waals surface area contributed by atoms with E-state index < -0.39 is 0 Å². The first kappa shape index (κ1) is 19.9. The molecule has 1 atom stereocenters. The lowest BCUT2D eigenvalue weighted by Crippen LogP contribution is -2.32. The van der Waals surface area contributed by atoms with E-state index in [2.05, 4.69) is 15.4 Å². The molecule has 6 nitrogen and oxygen atoms in total. The van der Waals surface area contributed by atoms with Crippen molar-refractivity contribution < 1.29 is 4.79 Å². The lowest BCUT2D eigenvalue weighted by atomic mass is 9.97. The normalized spacial score (nSPS) is 17.1. The van der Waals surface area contributed by atoms with Crippen LogP contribution in [0.5, 0.6) is 0 Å². The van der Waals surface area contributed by atoms with Crippen LogP contribution in [-0.2, 0) is 17.8 Å². The molecule has 1 unspecified atom stereocenters. The zero-order chi connectivity index (χ0) is 16.9. The van der Waals surface area contributed by atoms with Crippen LogP contribution in [0.4, 0.5) is 0 Å². The Morgan fingerprint density at radius 1 is 1.52 bits per heavy atom. The highest BCUT2D eigenvalue weighted by molar-refractivity contribution is 7.09. The number of aryl methyl sites for hydroxylation is 1. The second-order valence-corrected chi connectivity index (χ2v) is 7.35. The zero-order valence-electron chi connectivity index (χ0n) is 14.8. The molecule has 2 aromatic rings. The average molecular weight is 384 g/mol. The summed E-state index contributed by atoms with van der Waals surface area (Å²) in [6.45, 7) is 5.11. The van der Waals surface area contributed by atoms with Crippen molar-refractivity contribution in [3.8, 4) is 0 Å². The Hall–Kier alpha value is -1.44. The minimum Gasteiger partial charge on any atom is -0.344 e. The summed E-state index contributed by atoms with van der Waals surface area (Å²) in [6, 6.07) is 2.05. The van der Waals surface area contributed by atoms with Crippen LogP contribution >= 0.6 is 23.7 Å². The van der Waals surface area contributed by atoms with E-state index in [1.165, 1.54) is 17.7 Å². The highest BCUT2D eigenvalue weighted by atomic mass is 35.5. The molecule has 0 aromatic carbocycles. The molecule has 8 heteroatoms. The first-order chi connectivity index (χ1) is 11.6. The Balaban J connectivity index is 0.00000225. The molecule has 25 heavy (non-hydrogen) atoms. The minimum atomic E-state index is 0. The fourth-order valence-corrected chi connectivity index (χ4v) is 3.78. The molecule has 138 valence electrons. The van der Waals surface area contributed by atoms with Crippen molar-refractivity contribution in [1.82, 2.24) is 25.0 Å². The molecule has 3 rings (SSSR count). The summed E-state index contributed by atoms with van der Waals surface area (Å²) in [4.78, 5) is 19.7. The van der Waals surface area contributed by atoms with E-state index in [0.717, 1.165) is 30.9 Å². The van der Waals surface area contributed by atoms with E-state index in [1.807, 2.05) is 31.7 Å². The van der Waals surface area contributed by atoms with Crippen molar-refractivity contribution in [1.29, 1.82) is 0 Å². The molecule has 1 aliphatic heterocycles. The van der Waals surface area contributed by atoms with E-state index in [0.29, 0.717) is 19.0 Å². The molecule has 1 fully saturated rings. The largest absolute Gasteiger partial charge is 0.344 e. The third kappa shape index (κ3) is 5.26. The molecule has 0 saturated carbocycles. The zero-order valence-corrected chi connectivity index (χ0v) is 16.4. The van der Waals surface area contributed by atoms with Gasteiger partial charge in [-0.2, -0.15) is 5.10 Å². The molecular formula is C17H26ClN5OS. The predicted octanol–water partition coefficient (Wildman–Crippen LogP) is 2.24. The Morgan fingerprint density at radius 2 is 2.36 bits per heavy atom. The number of rotatable bonds is 6. The van der Waals surface area contributed by atoms with Crippen molar-refractivity contribution in [2.45, 2.75) is 38.6 Å². The van der Waals surface area contributed by atoms with Crippen LogP contribution in [0.2, 0.25) is 0 Å². The van der Waals surface area contributed by atoms with Gasteiger partial charge in [-0.1, -0.05) is 0 Å². The Labute approximate surface area is 159 Å². The van der Waals surface area contributed by atoms with Gasteiger partial charge in [0.05, 0.1) is 16.9 Å². The van der Waals surface area contributed by atoms with E-state index in [-0.39, 0.29) is 18.3 Å². The van der Waals surface area contributed by atoms with Crippen LogP contribution in [-0.4, -0.2) is 52.3 Å². The van der Waals surface area contributed by atoms with Gasteiger partial charge in [-0.15, -0.1) is 23.7 Å². The minimum absolute atomic E-state index is 0. The van der Waals surface area contributed by atoms with Gasteiger partial charge in [0.2, 0.25) is 5.91 Å². The predicted molar refractivity (Wildman–Crippen MR) is 103 cm³/mol. The Kier molecular flexibility index (Phi) is 7.40. The van der Waals surface area contributed by atoms with Gasteiger partial charge in [0.15, 0.2) is 0 Å². The van der Waals surface area contributed by atoms with E-state index in [1.54, 1.807) is 20.9 Å². The molecule has 0 radical (unpaired) electrons. The maximum atomic E-state index is 12.4. The van der Waals surface area contributed by atoms with Crippen molar-refractivity contribution >= 4 is 29.7 Å². The SMILES string of the molecule is Cc1ncsc1CCN(C)C(=O)Cn1ccc(C2CCCNC2)n1.Cl. The number of amides is 1. The number of aromatic nitrogens is 3. The van der Waals surface area contributed by atoms with Crippen LogP contribution in [0.25, 0.3) is 0 Å². The first-order valence-corrected chi connectivity index (χ1v) is 9.38. The lowest BCUT2D eigenvalue weighted by molar-refractivity contribution is -0.130. The Bertz CT molecular complexity index is 680. The van der Waals surface area contributed by atoms with Gasteiger partial charge in [-0.05, 0) is 32.4 Å². The summed E-state index contributed by atoms with van der Waals surface area (Å²) in [5.74, 6) is 0.565. The summed E-state index contributed by atoms with van der Waals surface area (Å²) in [6.07, 6.45) is 5.14. The quantitative estimate of drug-likeness (QED) is 0.830. The smallest absolute Gasteiger partial charge is 0.244 e. The van der Waals surface area contributed by atoms with E-state index >= 15 is 0 Å². The second-order valence-electron chi connectivity index (χ2n) is 6.41. The number of thiazole rings is 1. The topological polar surface area (TPSA) is 63.1 Å². The lowest BCUT2D eigenvalue weighted by Gasteiger charge is -2.21. The third-order valence-corrected chi connectivity index (χ3v) is 5.61. The Morgan fingerprint density at radius 3 is 3.04 bits per heavy atom. The van der Waals surface area contributed by atoms with E-state index in [4.69, 9.17) is 0 Å². The van der Waals surface area contributed by atoms with Gasteiger partial charge < -0.3 is 10.2 Å². The highest BCUT2D eigenvalue weighted by Gasteiger charge is 2.18. The van der Waals surface area contributed by atoms with Crippen molar-refractivity contribution in [3.63, 3.8) is 0 Å². The third-order valence-electron chi connectivity index (χ3n) is 4.62. The molecule has 1 N–H and O–H groups in total. The number of nitrogens with zero attached hydrogens (tertiary/aromatic N) is 4. The molecule has 0 aliphatic carbocycles. The van der Waals surface area contributed by atoms with Gasteiger partial charge >= 0.3 is 0 Å². The van der Waals surface area contributed by atoms with Crippen molar-refractivity contribution in [3.05, 3.63) is 34.0 Å². The first-order valence-electron chi connectivity index (χ1n) is 8.50. The number of nitrogens with one attached hydrogen (secondary N) is 1. The van der Waals surface area contributed by atoms with Gasteiger partial charge in [0.1, 0.15) is 6.54 Å². The van der Waals surface area contributed by atoms with Crippen LogP contribution in [0, 0.1) is 6.92 Å². The number of halogens is 1. The molecule has 3 heterocycles. The van der Waals surface area contributed by atoms with Gasteiger partial charge in [0.25, 0.3) is 0 Å². The summed E-state index contributed by atoms with van der Waals surface area (Å²) in [5, 5.41) is 8.01. The fourth-order valence-electron chi connectivity index (χ4n) is 3.01. The number of piperidine rings is 1. The second kappa shape index (κ2) is 9.31. The summed E-state index contributed by atoms with van der Waals surface area (Å²) in [7, 11) is 1.86. The molecule has 0 spiro atoms. The molecule has 1 amide bonds. The van der Waals surface area contributed by atoms with Crippen molar-refractivity contribution in [2.24, 2.45) is 0 Å². The molecule has 0 bridgehead atoms. The van der Waals surface area contributed by atoms with Crippen LogP contribution in [0.3, 0.4) is 0 Å². The number of hydrogen-bond acceptors (Lipinski definition) is 5. The van der Waals surface area contributed by atoms with Gasteiger partial charge in [-0.3, -0.25) is 9.48 Å². The van der Waals surface area contributed by atoms with Crippen molar-refractivity contribution in [2.75, 3.05) is 26.7 Å². The summed E-state index contributed by atoms with van der Waals surface area (Å²) >= 11 is 1.65. The fraction of sp³-hybridized carbons (Fsp3) is 0.588. The monoisotopic (exact) mass is 383 g/mol. The van der Waals surface area contributed by atoms with Crippen LogP contribution in [0.15, 0.2) is 17.8 Å². The molecule has 1 aliphatic rings. The summed E-state index contributed by atoms with van der Waals surface area (Å²) < 4.78 is 1.76. The number of likely N-dealkylation sites (N-methyl/N-ethyl adjacent to an activating group) is 1. The highest BCUT2D eigenvalue weighted by Crippen LogP contribution is 2.21. The molecular weight excluding hydrogens is 358 g/mol. The standard InChI is InChI=1S/C17H25N5OS.ClH/c1-13-16(24-12-19-13)6-8-21(2)17(23)11-22-9-5-15(20-22)14-4-3-7-18-10-14;/h5,9,12,14,18H,3-4,6-8,10-11H2,1-2H3;1H. The van der Waals surface area contributed by atoms with E-state index in [9.17, 15) is 4.79 Å². The maximum Gasteiger partial charge on any atom is 0.244 e. The van der Waals surface area contributed by atoms with Gasteiger partial charge in [0, 0.05) is 43.5 Å². The number of hydrogen-bond donors (Lipinski definition) is 1. The summed E-state index contributed by atoms with van der Waals surface area (Å²) in [5.41, 5.74) is 4.02. The van der Waals surface area contributed by atoms with Crippen LogP contribution < -0.4 is 5.32 Å². The number of carbonyl (C=O) groups excluding carboxylic acids is 1. The number of carbonyl (C=O) groups is 1.